The number of hydrogen-bond acceptors (Lipinski definition) is 0. The summed E-state index contributed by atoms with van der Waals surface area (Å²) in [6.45, 7) is 2.22. The van der Waals surface area contributed by atoms with Gasteiger partial charge in [-0.15, -0.1) is 0 Å². The van der Waals surface area contributed by atoms with Crippen LogP contribution < -0.4 is 0 Å². The first-order valence-electron chi connectivity index (χ1n) is 6.73. The molecule has 0 N–H and O–H groups in total. The number of allylic oxidation sites excluding steroid dienone is 1. The van der Waals surface area contributed by atoms with Gasteiger partial charge in [-0.05, 0) is 34.8 Å². The molecule has 19 heavy (non-hydrogen) atoms. The third-order valence-electron chi connectivity index (χ3n) is 3.54. The zero-order valence-electron chi connectivity index (χ0n) is 11.0. The second-order valence-electron chi connectivity index (χ2n) is 4.86. The highest BCUT2D eigenvalue weighted by molar-refractivity contribution is 6.32. The number of fused-ring (bicyclic) bond motifs is 1. The maximum absolute atomic E-state index is 6.33. The van der Waals surface area contributed by atoms with E-state index in [4.69, 9.17) is 11.6 Å². The molecule has 0 nitrogen and oxygen atoms in total. The van der Waals surface area contributed by atoms with E-state index in [2.05, 4.69) is 49.7 Å². The molecule has 0 heterocycles. The molecule has 1 radical (unpaired) electrons. The Kier molecular flexibility index (Phi) is 3.44. The Morgan fingerprint density at radius 3 is 2.47 bits per heavy atom. The van der Waals surface area contributed by atoms with Gasteiger partial charge < -0.3 is 0 Å². The molecule has 2 aromatic carbocycles. The Labute approximate surface area is 119 Å². The van der Waals surface area contributed by atoms with Crippen LogP contribution in [0.1, 0.15) is 36.5 Å². The van der Waals surface area contributed by atoms with Crippen molar-refractivity contribution in [3.8, 4) is 0 Å². The first-order chi connectivity index (χ1) is 9.31. The van der Waals surface area contributed by atoms with E-state index in [9.17, 15) is 0 Å². The van der Waals surface area contributed by atoms with Gasteiger partial charge in [0.05, 0.1) is 0 Å². The summed E-state index contributed by atoms with van der Waals surface area (Å²) in [6.07, 6.45) is 4.49. The van der Waals surface area contributed by atoms with Gasteiger partial charge in [0, 0.05) is 11.4 Å². The molecule has 3 rings (SSSR count). The van der Waals surface area contributed by atoms with E-state index in [-0.39, 0.29) is 0 Å². The Morgan fingerprint density at radius 1 is 0.947 bits per heavy atom. The summed E-state index contributed by atoms with van der Waals surface area (Å²) in [6, 6.07) is 16.8. The van der Waals surface area contributed by atoms with E-state index >= 15 is 0 Å². The van der Waals surface area contributed by atoms with E-state index in [1.807, 2.05) is 12.1 Å². The highest BCUT2D eigenvalue weighted by atomic mass is 35.5. The molecule has 0 atom stereocenters. The van der Waals surface area contributed by atoms with Gasteiger partial charge in [0.15, 0.2) is 0 Å². The third-order valence-corrected chi connectivity index (χ3v) is 3.87. The number of halogens is 1. The Morgan fingerprint density at radius 2 is 1.74 bits per heavy atom. The molecule has 0 spiro atoms. The highest BCUT2D eigenvalue weighted by Gasteiger charge is 2.23. The lowest BCUT2D eigenvalue weighted by Crippen LogP contribution is -1.88. The van der Waals surface area contributed by atoms with Crippen molar-refractivity contribution in [2.24, 2.45) is 0 Å². The largest absolute Gasteiger partial charge is 0.0840 e. The fraction of sp³-hybridized carbons (Fsp3) is 0.167. The van der Waals surface area contributed by atoms with E-state index in [1.165, 1.54) is 27.8 Å². The van der Waals surface area contributed by atoms with E-state index in [0.717, 1.165) is 17.9 Å². The van der Waals surface area contributed by atoms with Crippen molar-refractivity contribution >= 4 is 17.2 Å². The minimum Gasteiger partial charge on any atom is -0.0840 e. The predicted octanol–water partition coefficient (Wildman–Crippen LogP) is 5.51. The average Bonchev–Trinajstić information content (AvgIpc) is 2.80. The summed E-state index contributed by atoms with van der Waals surface area (Å²) >= 11 is 6.33. The van der Waals surface area contributed by atoms with Crippen molar-refractivity contribution in [2.45, 2.75) is 19.8 Å². The summed E-state index contributed by atoms with van der Waals surface area (Å²) in [5.41, 5.74) is 6.47. The number of hydrogen-bond donors (Lipinski definition) is 0. The van der Waals surface area contributed by atoms with Crippen LogP contribution in [0.15, 0.2) is 54.1 Å². The lowest BCUT2D eigenvalue weighted by atomic mass is 9.96. The SMILES string of the molecule is CCCC1=C(c2ccccc2)c2cccc(Cl)c2[CH]1. The zero-order chi connectivity index (χ0) is 13.2. The van der Waals surface area contributed by atoms with Gasteiger partial charge in [-0.2, -0.15) is 0 Å². The summed E-state index contributed by atoms with van der Waals surface area (Å²) in [4.78, 5) is 0. The van der Waals surface area contributed by atoms with E-state index in [1.54, 1.807) is 0 Å². The Balaban J connectivity index is 2.17. The molecule has 0 unspecified atom stereocenters. The molecule has 1 aliphatic rings. The molecule has 0 fully saturated rings. The van der Waals surface area contributed by atoms with Gasteiger partial charge >= 0.3 is 0 Å². The normalized spacial score (nSPS) is 13.8. The standard InChI is InChI=1S/C18H16Cl/c1-2-7-14-12-16-15(10-6-11-17(16)19)18(14)13-8-4-3-5-9-13/h3-6,8-12H,2,7H2,1H3. The molecular weight excluding hydrogens is 252 g/mol. The van der Waals surface area contributed by atoms with Crippen molar-refractivity contribution in [1.29, 1.82) is 0 Å². The molecule has 2 aromatic rings. The van der Waals surface area contributed by atoms with Crippen LogP contribution in [-0.4, -0.2) is 0 Å². The molecule has 0 amide bonds. The van der Waals surface area contributed by atoms with Gasteiger partial charge in [0.1, 0.15) is 0 Å². The predicted molar refractivity (Wildman–Crippen MR) is 82.2 cm³/mol. The molecular formula is C18H16Cl. The maximum atomic E-state index is 6.33. The molecule has 95 valence electrons. The van der Waals surface area contributed by atoms with Gasteiger partial charge in [0.25, 0.3) is 0 Å². The smallest absolute Gasteiger partial charge is 0.0450 e. The first-order valence-corrected chi connectivity index (χ1v) is 7.11. The van der Waals surface area contributed by atoms with Crippen LogP contribution in [0, 0.1) is 6.42 Å². The van der Waals surface area contributed by atoms with Crippen LogP contribution in [0.5, 0.6) is 0 Å². The minimum absolute atomic E-state index is 0.844. The minimum atomic E-state index is 0.844. The fourth-order valence-corrected chi connectivity index (χ4v) is 2.96. The van der Waals surface area contributed by atoms with Crippen LogP contribution in [0.25, 0.3) is 5.57 Å². The van der Waals surface area contributed by atoms with Gasteiger partial charge in [-0.3, -0.25) is 0 Å². The molecule has 0 bridgehead atoms. The number of benzene rings is 2. The van der Waals surface area contributed by atoms with Crippen molar-refractivity contribution in [2.75, 3.05) is 0 Å². The van der Waals surface area contributed by atoms with Gasteiger partial charge in [-0.25, -0.2) is 0 Å². The van der Waals surface area contributed by atoms with Gasteiger partial charge in [-0.1, -0.05) is 73.0 Å². The lowest BCUT2D eigenvalue weighted by Gasteiger charge is -2.08. The molecule has 0 aliphatic heterocycles. The quantitative estimate of drug-likeness (QED) is 0.688. The van der Waals surface area contributed by atoms with Crippen molar-refractivity contribution in [3.63, 3.8) is 0 Å². The average molecular weight is 268 g/mol. The van der Waals surface area contributed by atoms with Crippen LogP contribution >= 0.6 is 11.6 Å². The maximum Gasteiger partial charge on any atom is 0.0450 e. The van der Waals surface area contributed by atoms with Gasteiger partial charge in [0.2, 0.25) is 0 Å². The van der Waals surface area contributed by atoms with Crippen LogP contribution in [0.2, 0.25) is 5.02 Å². The summed E-state index contributed by atoms with van der Waals surface area (Å²) in [7, 11) is 0. The van der Waals surface area contributed by atoms with Crippen LogP contribution in [-0.2, 0) is 0 Å². The summed E-state index contributed by atoms with van der Waals surface area (Å²) in [5, 5.41) is 0.844. The topological polar surface area (TPSA) is 0 Å². The Bertz CT molecular complexity index is 623. The molecule has 0 aromatic heterocycles. The van der Waals surface area contributed by atoms with Crippen LogP contribution in [0.3, 0.4) is 0 Å². The zero-order valence-corrected chi connectivity index (χ0v) is 11.7. The lowest BCUT2D eigenvalue weighted by molar-refractivity contribution is 0.921. The number of rotatable bonds is 3. The summed E-state index contributed by atoms with van der Waals surface area (Å²) < 4.78 is 0. The van der Waals surface area contributed by atoms with Crippen molar-refractivity contribution in [1.82, 2.24) is 0 Å². The highest BCUT2D eigenvalue weighted by Crippen LogP contribution is 2.42. The second kappa shape index (κ2) is 5.22. The fourth-order valence-electron chi connectivity index (χ4n) is 2.73. The molecule has 0 saturated carbocycles. The molecule has 0 saturated heterocycles. The van der Waals surface area contributed by atoms with Crippen LogP contribution in [0.4, 0.5) is 0 Å². The molecule has 1 aliphatic carbocycles. The van der Waals surface area contributed by atoms with Crippen molar-refractivity contribution < 1.29 is 0 Å². The van der Waals surface area contributed by atoms with E-state index < -0.39 is 0 Å². The van der Waals surface area contributed by atoms with Crippen molar-refractivity contribution in [3.05, 3.63) is 82.2 Å². The second-order valence-corrected chi connectivity index (χ2v) is 5.27. The summed E-state index contributed by atoms with van der Waals surface area (Å²) in [5.74, 6) is 0. The first kappa shape index (κ1) is 12.5. The monoisotopic (exact) mass is 267 g/mol. The molecule has 1 heteroatoms. The Hall–Kier alpha value is -1.53. The van der Waals surface area contributed by atoms with E-state index in [0.29, 0.717) is 0 Å². The third kappa shape index (κ3) is 2.21.